The number of ether oxygens (including phenoxy) is 2. The minimum Gasteiger partial charge on any atom is -0.493 e. The zero-order valence-corrected chi connectivity index (χ0v) is 19.6. The van der Waals surface area contributed by atoms with Crippen molar-refractivity contribution in [2.45, 2.75) is 40.0 Å². The Kier molecular flexibility index (Phi) is 8.80. The minimum absolute atomic E-state index is 0.156. The van der Waals surface area contributed by atoms with Crippen molar-refractivity contribution in [2.75, 3.05) is 18.6 Å². The molecule has 2 aromatic carbocycles. The third-order valence-corrected chi connectivity index (χ3v) is 5.49. The highest BCUT2D eigenvalue weighted by molar-refractivity contribution is 7.13. The van der Waals surface area contributed by atoms with Crippen molar-refractivity contribution in [1.29, 1.82) is 0 Å². The van der Waals surface area contributed by atoms with E-state index in [9.17, 15) is 4.79 Å². The predicted molar refractivity (Wildman–Crippen MR) is 131 cm³/mol. The summed E-state index contributed by atoms with van der Waals surface area (Å²) in [6, 6.07) is 14.6. The van der Waals surface area contributed by atoms with E-state index in [0.29, 0.717) is 24.0 Å². The summed E-state index contributed by atoms with van der Waals surface area (Å²) < 4.78 is 10.9. The maximum atomic E-state index is 11.6. The van der Waals surface area contributed by atoms with Crippen molar-refractivity contribution in [2.24, 2.45) is 5.10 Å². The van der Waals surface area contributed by atoms with Gasteiger partial charge in [-0.2, -0.15) is 5.10 Å². The van der Waals surface area contributed by atoms with Crippen molar-refractivity contribution in [3.63, 3.8) is 0 Å². The van der Waals surface area contributed by atoms with E-state index in [1.54, 1.807) is 13.1 Å². The molecule has 0 aliphatic heterocycles. The molecule has 0 bridgehead atoms. The fraction of sp³-hybridized carbons (Fsp3) is 0.320. The molecule has 0 fully saturated rings. The number of nitrogens with zero attached hydrogens (tertiary/aromatic N) is 2. The van der Waals surface area contributed by atoms with Gasteiger partial charge in [-0.25, -0.2) is 4.98 Å². The van der Waals surface area contributed by atoms with Gasteiger partial charge < -0.3 is 9.47 Å². The lowest BCUT2D eigenvalue weighted by Crippen LogP contribution is -2.07. The number of hydrazone groups is 1. The normalized spacial score (nSPS) is 11.0. The first-order chi connectivity index (χ1) is 15.6. The van der Waals surface area contributed by atoms with Gasteiger partial charge in [0.1, 0.15) is 5.75 Å². The van der Waals surface area contributed by atoms with Gasteiger partial charge in [-0.3, -0.25) is 10.2 Å². The van der Waals surface area contributed by atoms with Gasteiger partial charge in [-0.15, -0.1) is 11.3 Å². The van der Waals surface area contributed by atoms with E-state index < -0.39 is 0 Å². The number of hydrogen-bond acceptors (Lipinski definition) is 7. The summed E-state index contributed by atoms with van der Waals surface area (Å²) in [5, 5.41) is 6.80. The number of benzene rings is 2. The summed E-state index contributed by atoms with van der Waals surface area (Å²) in [6.07, 6.45) is 3.97. The average Bonchev–Trinajstić information content (AvgIpc) is 3.22. The van der Waals surface area contributed by atoms with Gasteiger partial charge in [0.05, 0.1) is 31.5 Å². The zero-order chi connectivity index (χ0) is 22.8. The molecular weight excluding hydrogens is 422 g/mol. The van der Waals surface area contributed by atoms with Gasteiger partial charge in [-0.1, -0.05) is 49.2 Å². The predicted octanol–water partition coefficient (Wildman–Crippen LogP) is 5.85. The molecule has 7 heteroatoms. The molecule has 0 spiro atoms. The van der Waals surface area contributed by atoms with Gasteiger partial charge in [-0.05, 0) is 43.5 Å². The molecule has 0 amide bonds. The van der Waals surface area contributed by atoms with Gasteiger partial charge >= 0.3 is 5.97 Å². The van der Waals surface area contributed by atoms with Crippen LogP contribution in [0.5, 0.6) is 5.75 Å². The maximum Gasteiger partial charge on any atom is 0.311 e. The Morgan fingerprint density at radius 2 is 1.94 bits per heavy atom. The highest BCUT2D eigenvalue weighted by Crippen LogP contribution is 2.27. The number of anilines is 1. The molecule has 0 aliphatic carbocycles. The van der Waals surface area contributed by atoms with E-state index in [1.807, 2.05) is 11.4 Å². The molecule has 168 valence electrons. The van der Waals surface area contributed by atoms with Crippen LogP contribution >= 0.6 is 11.3 Å². The Bertz CT molecular complexity index is 1040. The molecule has 0 aliphatic rings. The largest absolute Gasteiger partial charge is 0.493 e. The van der Waals surface area contributed by atoms with Crippen LogP contribution in [0.15, 0.2) is 52.9 Å². The van der Waals surface area contributed by atoms with Crippen LogP contribution in [0.25, 0.3) is 11.1 Å². The molecule has 0 atom stereocenters. The third kappa shape index (κ3) is 6.92. The summed E-state index contributed by atoms with van der Waals surface area (Å²) in [7, 11) is 0. The number of nitrogens with one attached hydrogen (secondary N) is 1. The number of aryl methyl sites for hydroxylation is 1. The third-order valence-electron chi connectivity index (χ3n) is 4.70. The number of rotatable bonds is 11. The van der Waals surface area contributed by atoms with E-state index in [2.05, 4.69) is 65.8 Å². The first-order valence-electron chi connectivity index (χ1n) is 10.8. The number of unbranched alkanes of at least 4 members (excludes halogenated alkanes) is 1. The lowest BCUT2D eigenvalue weighted by atomic mass is 10.0. The Labute approximate surface area is 193 Å². The van der Waals surface area contributed by atoms with Crippen LogP contribution in [-0.4, -0.2) is 30.4 Å². The van der Waals surface area contributed by atoms with Gasteiger partial charge in [0.25, 0.3) is 0 Å². The molecule has 0 unspecified atom stereocenters. The highest BCUT2D eigenvalue weighted by atomic mass is 32.1. The van der Waals surface area contributed by atoms with E-state index in [-0.39, 0.29) is 12.4 Å². The lowest BCUT2D eigenvalue weighted by molar-refractivity contribution is -0.142. The van der Waals surface area contributed by atoms with Crippen molar-refractivity contribution in [3.05, 3.63) is 64.7 Å². The molecule has 1 N–H and O–H groups in total. The quantitative estimate of drug-likeness (QED) is 0.171. The van der Waals surface area contributed by atoms with Crippen LogP contribution in [0, 0.1) is 6.92 Å². The Morgan fingerprint density at radius 3 is 2.69 bits per heavy atom. The smallest absolute Gasteiger partial charge is 0.311 e. The zero-order valence-electron chi connectivity index (χ0n) is 18.8. The molecule has 0 saturated heterocycles. The van der Waals surface area contributed by atoms with Crippen molar-refractivity contribution in [1.82, 2.24) is 4.98 Å². The molecule has 0 radical (unpaired) electrons. The van der Waals surface area contributed by atoms with Crippen LogP contribution in [0.3, 0.4) is 0 Å². The van der Waals surface area contributed by atoms with Crippen LogP contribution < -0.4 is 10.2 Å². The highest BCUT2D eigenvalue weighted by Gasteiger charge is 2.09. The Balaban J connectivity index is 1.74. The van der Waals surface area contributed by atoms with Gasteiger partial charge in [0.15, 0.2) is 0 Å². The van der Waals surface area contributed by atoms with Crippen LogP contribution in [0.1, 0.15) is 43.5 Å². The molecule has 1 heterocycles. The summed E-state index contributed by atoms with van der Waals surface area (Å²) in [6.45, 7) is 7.03. The summed E-state index contributed by atoms with van der Waals surface area (Å²) in [5.74, 6) is 0.511. The first kappa shape index (κ1) is 23.5. The Hall–Kier alpha value is -3.19. The van der Waals surface area contributed by atoms with E-state index in [1.165, 1.54) is 16.9 Å². The molecule has 0 saturated carbocycles. The SMILES string of the molecule is CCCCOc1ccc(-c2ccc(C)cc2)cc1C=NNc1nc(CC(=O)OCC)cs1. The fourth-order valence-electron chi connectivity index (χ4n) is 2.99. The average molecular weight is 452 g/mol. The van der Waals surface area contributed by atoms with Gasteiger partial charge in [0, 0.05) is 10.9 Å². The second-order valence-electron chi connectivity index (χ2n) is 7.32. The standard InChI is InChI=1S/C25H29N3O3S/c1-4-6-13-31-23-12-11-20(19-9-7-18(3)8-10-19)14-21(23)16-26-28-25-27-22(17-32-25)15-24(29)30-5-2/h7-12,14,16-17H,4-6,13,15H2,1-3H3,(H,27,28). The number of aromatic nitrogens is 1. The topological polar surface area (TPSA) is 72.8 Å². The molecule has 3 aromatic rings. The molecular formula is C25H29N3O3S. The first-order valence-corrected chi connectivity index (χ1v) is 11.7. The number of carbonyl (C=O) groups is 1. The number of thiazole rings is 1. The van der Waals surface area contributed by atoms with E-state index >= 15 is 0 Å². The fourth-order valence-corrected chi connectivity index (χ4v) is 3.65. The summed E-state index contributed by atoms with van der Waals surface area (Å²) in [4.78, 5) is 16.0. The second-order valence-corrected chi connectivity index (χ2v) is 8.17. The number of esters is 1. The van der Waals surface area contributed by atoms with Crippen LogP contribution in [0.2, 0.25) is 0 Å². The summed E-state index contributed by atoms with van der Waals surface area (Å²) in [5.41, 5.74) is 7.96. The van der Waals surface area contributed by atoms with Crippen LogP contribution in [0.4, 0.5) is 5.13 Å². The molecule has 3 rings (SSSR count). The molecule has 32 heavy (non-hydrogen) atoms. The minimum atomic E-state index is -0.283. The second kappa shape index (κ2) is 12.0. The van der Waals surface area contributed by atoms with Crippen molar-refractivity contribution < 1.29 is 14.3 Å². The number of carbonyl (C=O) groups excluding carboxylic acids is 1. The van der Waals surface area contributed by atoms with Gasteiger partial charge in [0.2, 0.25) is 5.13 Å². The molecule has 1 aromatic heterocycles. The van der Waals surface area contributed by atoms with E-state index in [4.69, 9.17) is 9.47 Å². The van der Waals surface area contributed by atoms with Crippen LogP contribution in [-0.2, 0) is 16.0 Å². The Morgan fingerprint density at radius 1 is 1.16 bits per heavy atom. The monoisotopic (exact) mass is 451 g/mol. The summed E-state index contributed by atoms with van der Waals surface area (Å²) >= 11 is 1.39. The van der Waals surface area contributed by atoms with Crippen molar-refractivity contribution in [3.8, 4) is 16.9 Å². The van der Waals surface area contributed by atoms with E-state index in [0.717, 1.165) is 35.3 Å². The number of hydrogen-bond donors (Lipinski definition) is 1. The lowest BCUT2D eigenvalue weighted by Gasteiger charge is -2.11. The maximum absolute atomic E-state index is 11.6. The van der Waals surface area contributed by atoms with Crippen molar-refractivity contribution >= 4 is 28.7 Å². The molecule has 6 nitrogen and oxygen atoms in total.